The first-order valence-electron chi connectivity index (χ1n) is 16.1. The summed E-state index contributed by atoms with van der Waals surface area (Å²) in [5, 5.41) is 17.4. The first-order chi connectivity index (χ1) is 23.8. The summed E-state index contributed by atoms with van der Waals surface area (Å²) >= 11 is 0. The number of nitrogens with two attached hydrogens (primary N) is 1. The van der Waals surface area contributed by atoms with Crippen molar-refractivity contribution in [3.05, 3.63) is 24.2 Å². The summed E-state index contributed by atoms with van der Waals surface area (Å²) < 4.78 is 59.2. The Bertz CT molecular complexity index is 1660. The van der Waals surface area contributed by atoms with Crippen LogP contribution in [0.1, 0.15) is 68.0 Å². The third kappa shape index (κ3) is 10.1. The molecule has 1 aliphatic rings. The Morgan fingerprint density at radius 1 is 0.980 bits per heavy atom. The molecule has 0 spiro atoms. The number of carbonyl (C=O) groups is 4. The second-order valence-corrected chi connectivity index (χ2v) is 14.4. The lowest BCUT2D eigenvalue weighted by Crippen LogP contribution is -2.47. The van der Waals surface area contributed by atoms with Crippen molar-refractivity contribution >= 4 is 43.1 Å². The molecule has 3 heterocycles. The smallest absolute Gasteiger partial charge is 0.462 e. The van der Waals surface area contributed by atoms with E-state index in [0.29, 0.717) is 0 Å². The number of aromatic nitrogens is 3. The summed E-state index contributed by atoms with van der Waals surface area (Å²) in [6.07, 6.45) is -5.70. The predicted molar refractivity (Wildman–Crippen MR) is 175 cm³/mol. The molecular formula is C31H45N6O13P. The van der Waals surface area contributed by atoms with E-state index >= 15 is 0 Å². The number of esters is 3. The zero-order chi connectivity index (χ0) is 38.3. The van der Waals surface area contributed by atoms with Crippen molar-refractivity contribution < 1.29 is 61.2 Å². The van der Waals surface area contributed by atoms with Crippen molar-refractivity contribution in [1.82, 2.24) is 19.7 Å². The maximum Gasteiger partial charge on any atom is 0.510 e. The second kappa shape index (κ2) is 17.2. The molecule has 0 unspecified atom stereocenters. The van der Waals surface area contributed by atoms with Crippen molar-refractivity contribution in [1.29, 1.82) is 5.26 Å². The molecule has 0 aliphatic carbocycles. The summed E-state index contributed by atoms with van der Waals surface area (Å²) in [5.74, 6) is -3.63. The maximum absolute atomic E-state index is 14.1. The van der Waals surface area contributed by atoms with Gasteiger partial charge in [-0.1, -0.05) is 27.7 Å². The maximum atomic E-state index is 14.1. The molecule has 51 heavy (non-hydrogen) atoms. The number of rotatable bonds is 16. The number of ether oxygens (including phenoxy) is 6. The number of nitrogens with one attached hydrogen (secondary N) is 1. The summed E-state index contributed by atoms with van der Waals surface area (Å²) in [7, 11) is -4.65. The Hall–Kier alpha value is -4.34. The van der Waals surface area contributed by atoms with Gasteiger partial charge in [0.05, 0.1) is 36.3 Å². The number of anilines is 1. The molecule has 3 N–H and O–H groups in total. The van der Waals surface area contributed by atoms with Crippen LogP contribution in [-0.2, 0) is 62.0 Å². The topological polar surface area (TPSA) is 251 Å². The zero-order valence-corrected chi connectivity index (χ0v) is 30.8. The van der Waals surface area contributed by atoms with Crippen LogP contribution >= 0.6 is 7.75 Å². The lowest BCUT2D eigenvalue weighted by Gasteiger charge is -2.29. The molecule has 282 valence electrons. The molecule has 2 aromatic heterocycles. The Morgan fingerprint density at radius 2 is 1.61 bits per heavy atom. The number of nitriles is 1. The monoisotopic (exact) mass is 740 g/mol. The van der Waals surface area contributed by atoms with Crippen molar-refractivity contribution in [2.45, 2.75) is 104 Å². The van der Waals surface area contributed by atoms with Gasteiger partial charge in [0, 0.05) is 0 Å². The number of hydrogen-bond donors (Lipinski definition) is 2. The van der Waals surface area contributed by atoms with Gasteiger partial charge in [0.1, 0.15) is 30.1 Å². The lowest BCUT2D eigenvalue weighted by molar-refractivity contribution is -0.173. The Morgan fingerprint density at radius 3 is 2.20 bits per heavy atom. The highest BCUT2D eigenvalue weighted by molar-refractivity contribution is 7.51. The highest BCUT2D eigenvalue weighted by Gasteiger charge is 2.63. The highest BCUT2D eigenvalue weighted by atomic mass is 31.2. The number of carbonyl (C=O) groups excluding carboxylic acids is 4. The van der Waals surface area contributed by atoms with Crippen LogP contribution in [0.25, 0.3) is 5.52 Å². The Labute approximate surface area is 294 Å². The summed E-state index contributed by atoms with van der Waals surface area (Å²) in [4.78, 5) is 54.7. The fraction of sp³-hybridized carbons (Fsp3) is 0.645. The minimum atomic E-state index is -4.65. The van der Waals surface area contributed by atoms with Crippen LogP contribution in [-0.4, -0.2) is 88.6 Å². The summed E-state index contributed by atoms with van der Waals surface area (Å²) in [5.41, 5.74) is 4.13. The standard InChI is InChI=1S/C31H45N6O13P/c1-16(2)27(38)48-24-22(12-44-51(42,36-20(9)29(40)46-18(5)6)45-15-43-30(41)47-19(7)8)50-31(13-32,25(24)49-28(39)17(3)4)23-11-10-21-26(33)34-14-35-37(21)23/h10-11,14,16-20,22,24-25H,12,15H2,1-9H3,(H,36,42)(H2,33,34,35)/t20-,22+,24+,25+,31-,51+/m0/s1. The molecule has 0 saturated carbocycles. The van der Waals surface area contributed by atoms with Gasteiger partial charge in [0.15, 0.2) is 18.0 Å². The molecular weight excluding hydrogens is 695 g/mol. The summed E-state index contributed by atoms with van der Waals surface area (Å²) in [6, 6.07) is 3.74. The predicted octanol–water partition coefficient (Wildman–Crippen LogP) is 3.15. The van der Waals surface area contributed by atoms with Gasteiger partial charge in [-0.25, -0.2) is 23.9 Å². The van der Waals surface area contributed by atoms with Crippen LogP contribution in [0.5, 0.6) is 0 Å². The number of nitrogen functional groups attached to an aromatic ring is 1. The largest absolute Gasteiger partial charge is 0.510 e. The first kappa shape index (κ1) is 41.1. The van der Waals surface area contributed by atoms with Crippen molar-refractivity contribution in [2.75, 3.05) is 19.1 Å². The zero-order valence-electron chi connectivity index (χ0n) is 29.9. The molecule has 20 heteroatoms. The van der Waals surface area contributed by atoms with E-state index in [1.165, 1.54) is 23.6 Å². The third-order valence-corrected chi connectivity index (χ3v) is 8.70. The van der Waals surface area contributed by atoms with Gasteiger partial charge in [0.25, 0.3) is 0 Å². The molecule has 19 nitrogen and oxygen atoms in total. The lowest BCUT2D eigenvalue weighted by atomic mass is 9.92. The summed E-state index contributed by atoms with van der Waals surface area (Å²) in [6.45, 7) is 12.2. The van der Waals surface area contributed by atoms with Crippen molar-refractivity contribution in [3.8, 4) is 6.07 Å². The first-order valence-corrected chi connectivity index (χ1v) is 17.7. The normalized spacial score (nSPS) is 22.1. The molecule has 1 saturated heterocycles. The van der Waals surface area contributed by atoms with Crippen LogP contribution < -0.4 is 10.8 Å². The second-order valence-electron chi connectivity index (χ2n) is 12.7. The minimum absolute atomic E-state index is 0.0310. The number of hydrogen-bond acceptors (Lipinski definition) is 17. The fourth-order valence-electron chi connectivity index (χ4n) is 4.61. The van der Waals surface area contributed by atoms with E-state index in [9.17, 15) is 29.0 Å². The van der Waals surface area contributed by atoms with Gasteiger partial charge in [-0.05, 0) is 46.8 Å². The van der Waals surface area contributed by atoms with E-state index in [-0.39, 0.29) is 17.0 Å². The van der Waals surface area contributed by atoms with Crippen LogP contribution in [0.3, 0.4) is 0 Å². The average Bonchev–Trinajstić information content (AvgIpc) is 3.60. The van der Waals surface area contributed by atoms with Crippen LogP contribution in [0, 0.1) is 23.2 Å². The third-order valence-electron chi connectivity index (χ3n) is 7.07. The van der Waals surface area contributed by atoms with E-state index in [1.54, 1.807) is 55.4 Å². The quantitative estimate of drug-likeness (QED) is 0.108. The van der Waals surface area contributed by atoms with Crippen LogP contribution in [0.15, 0.2) is 18.5 Å². The van der Waals surface area contributed by atoms with Gasteiger partial charge in [-0.3, -0.25) is 23.4 Å². The van der Waals surface area contributed by atoms with Crippen LogP contribution in [0.2, 0.25) is 0 Å². The SMILES string of the molecule is CC(C)OC(=O)OCO[P@@](=O)(N[C@@H](C)C(=O)OC(C)C)OC[C@H]1O[C@@](C#N)(c2ccc3c(N)ncnn23)[C@H](OC(=O)C(C)C)[C@@H]1OC(=O)C(C)C. The van der Waals surface area contributed by atoms with Gasteiger partial charge >= 0.3 is 31.8 Å². The van der Waals surface area contributed by atoms with Gasteiger partial charge in [-0.15, -0.1) is 0 Å². The molecule has 3 rings (SSSR count). The molecule has 1 aliphatic heterocycles. The molecule has 1 fully saturated rings. The van der Waals surface area contributed by atoms with E-state index < -0.39 is 99.2 Å². The number of fused-ring (bicyclic) bond motifs is 1. The molecule has 0 bridgehead atoms. The Balaban J connectivity index is 2.08. The highest BCUT2D eigenvalue weighted by Crippen LogP contribution is 2.48. The van der Waals surface area contributed by atoms with Crippen molar-refractivity contribution in [3.63, 3.8) is 0 Å². The molecule has 0 amide bonds. The van der Waals surface area contributed by atoms with E-state index in [0.717, 1.165) is 6.33 Å². The van der Waals surface area contributed by atoms with E-state index in [1.807, 2.05) is 0 Å². The fourth-order valence-corrected chi connectivity index (χ4v) is 5.95. The van der Waals surface area contributed by atoms with Gasteiger partial charge in [0.2, 0.25) is 12.4 Å². The average molecular weight is 741 g/mol. The van der Waals surface area contributed by atoms with Gasteiger partial charge in [-0.2, -0.15) is 10.4 Å². The van der Waals surface area contributed by atoms with Crippen LogP contribution in [0.4, 0.5) is 10.6 Å². The molecule has 0 radical (unpaired) electrons. The molecule has 0 aromatic carbocycles. The van der Waals surface area contributed by atoms with Crippen molar-refractivity contribution in [2.24, 2.45) is 11.8 Å². The molecule has 6 atom stereocenters. The number of nitrogens with zero attached hydrogens (tertiary/aromatic N) is 4. The minimum Gasteiger partial charge on any atom is -0.462 e. The molecule has 2 aromatic rings. The van der Waals surface area contributed by atoms with Gasteiger partial charge < -0.3 is 34.2 Å². The van der Waals surface area contributed by atoms with E-state index in [4.69, 9.17) is 43.2 Å². The Kier molecular flexibility index (Phi) is 13.9. The van der Waals surface area contributed by atoms with E-state index in [2.05, 4.69) is 21.2 Å².